The van der Waals surface area contributed by atoms with Crippen LogP contribution in [0.4, 0.5) is 5.69 Å². The molecule has 9 heteroatoms. The lowest BCUT2D eigenvalue weighted by Crippen LogP contribution is -2.41. The fraction of sp³-hybridized carbons (Fsp3) is 0.146. The fourth-order valence-electron chi connectivity index (χ4n) is 5.28. The maximum Gasteiger partial charge on any atom is 0.494 e. The summed E-state index contributed by atoms with van der Waals surface area (Å²) in [4.78, 5) is 16.5. The molecular weight excluding hydrogens is 641 g/mol. The second-order valence-electron chi connectivity index (χ2n) is 12.8. The highest BCUT2D eigenvalue weighted by molar-refractivity contribution is 6.62. The van der Waals surface area contributed by atoms with Crippen molar-refractivity contribution in [2.24, 2.45) is 0 Å². The summed E-state index contributed by atoms with van der Waals surface area (Å²) < 4.78 is 12.1. The first-order valence-corrected chi connectivity index (χ1v) is 16.4. The fourth-order valence-corrected chi connectivity index (χ4v) is 5.44. The normalized spacial score (nSPS) is 14.2. The van der Waals surface area contributed by atoms with Gasteiger partial charge in [0.1, 0.15) is 0 Å². The highest BCUT2D eigenvalue weighted by Crippen LogP contribution is 2.36. The molecule has 1 aliphatic heterocycles. The molecule has 244 valence electrons. The number of nitriles is 1. The van der Waals surface area contributed by atoms with Crippen LogP contribution >= 0.6 is 11.6 Å². The van der Waals surface area contributed by atoms with Crippen LogP contribution in [0.15, 0.2) is 127 Å². The molecular formula is C41H33BClN5O2. The summed E-state index contributed by atoms with van der Waals surface area (Å²) in [6.45, 7) is 15.2. The maximum absolute atomic E-state index is 8.86. The van der Waals surface area contributed by atoms with Crippen LogP contribution in [0.3, 0.4) is 0 Å². The summed E-state index contributed by atoms with van der Waals surface area (Å²) in [6, 6.07) is 43.0. The van der Waals surface area contributed by atoms with Gasteiger partial charge < -0.3 is 9.31 Å². The predicted octanol–water partition coefficient (Wildman–Crippen LogP) is 9.60. The molecule has 7 rings (SSSR count). The molecule has 0 bridgehead atoms. The first-order chi connectivity index (χ1) is 24.0. The van der Waals surface area contributed by atoms with Crippen molar-refractivity contribution in [1.82, 2.24) is 15.0 Å². The molecule has 2 heterocycles. The molecule has 0 N–H and O–H groups in total. The number of benzene rings is 5. The highest BCUT2D eigenvalue weighted by atomic mass is 35.5. The lowest BCUT2D eigenvalue weighted by Gasteiger charge is -2.32. The number of hydrogen-bond donors (Lipinski definition) is 0. The minimum atomic E-state index is -0.338. The summed E-state index contributed by atoms with van der Waals surface area (Å²) in [5.74, 6) is 1.08. The molecule has 1 aliphatic rings. The van der Waals surface area contributed by atoms with Crippen LogP contribution in [-0.4, -0.2) is 33.3 Å². The van der Waals surface area contributed by atoms with E-state index in [1.807, 2.05) is 115 Å². The lowest BCUT2D eigenvalue weighted by molar-refractivity contribution is 0.00578. The standard InChI is InChI=1S/C22H13ClN4.C19H20BNO2/c1-24-19-13-11-16(12-14-19)15-7-9-18(10-8-15)21-25-20(26-22(23)27-21)17-5-3-2-4-6-17;1-18(2)19(3,4)23-20(22-18)17-11-9-16(10-12-17)15-7-5-14(13-21)6-8-15/h2-14H;5-12H,1-4H3. The zero-order chi connectivity index (χ0) is 35.3. The minimum absolute atomic E-state index is 0.165. The maximum atomic E-state index is 8.86. The van der Waals surface area contributed by atoms with Crippen LogP contribution < -0.4 is 5.46 Å². The smallest absolute Gasteiger partial charge is 0.399 e. The number of hydrogen-bond acceptors (Lipinski definition) is 6. The van der Waals surface area contributed by atoms with Gasteiger partial charge >= 0.3 is 7.12 Å². The van der Waals surface area contributed by atoms with Crippen molar-refractivity contribution < 1.29 is 9.31 Å². The average molecular weight is 674 g/mol. The zero-order valence-corrected chi connectivity index (χ0v) is 28.9. The van der Waals surface area contributed by atoms with E-state index in [9.17, 15) is 0 Å². The van der Waals surface area contributed by atoms with Crippen molar-refractivity contribution in [3.05, 3.63) is 150 Å². The van der Waals surface area contributed by atoms with E-state index >= 15 is 0 Å². The highest BCUT2D eigenvalue weighted by Gasteiger charge is 2.51. The molecule has 0 spiro atoms. The molecule has 0 aliphatic carbocycles. The third-order valence-corrected chi connectivity index (χ3v) is 9.07. The van der Waals surface area contributed by atoms with Gasteiger partial charge in [-0.2, -0.15) is 15.2 Å². The molecule has 0 saturated carbocycles. The van der Waals surface area contributed by atoms with Gasteiger partial charge in [-0.3, -0.25) is 0 Å². The largest absolute Gasteiger partial charge is 0.494 e. The molecule has 7 nitrogen and oxygen atoms in total. The number of nitrogens with zero attached hydrogens (tertiary/aromatic N) is 5. The van der Waals surface area contributed by atoms with Crippen molar-refractivity contribution in [3.63, 3.8) is 0 Å². The molecule has 0 unspecified atom stereocenters. The number of aromatic nitrogens is 3. The van der Waals surface area contributed by atoms with Gasteiger partial charge in [-0.25, -0.2) is 9.83 Å². The molecule has 6 aromatic rings. The Morgan fingerprint density at radius 1 is 0.600 bits per heavy atom. The van der Waals surface area contributed by atoms with E-state index in [1.54, 1.807) is 0 Å². The van der Waals surface area contributed by atoms with E-state index in [1.165, 1.54) is 0 Å². The number of rotatable bonds is 5. The van der Waals surface area contributed by atoms with Crippen LogP contribution in [0.2, 0.25) is 5.28 Å². The SMILES string of the molecule is CC1(C)OB(c2ccc(-c3ccc(C#N)cc3)cc2)OC1(C)C.[C-]#[N+]c1ccc(-c2ccc(-c3nc(Cl)nc(-c4ccccc4)n3)cc2)cc1. The zero-order valence-electron chi connectivity index (χ0n) is 28.1. The summed E-state index contributed by atoms with van der Waals surface area (Å²) in [7, 11) is -0.338. The van der Waals surface area contributed by atoms with Crippen LogP contribution in [0.25, 0.3) is 49.9 Å². The summed E-state index contributed by atoms with van der Waals surface area (Å²) >= 11 is 6.12. The summed E-state index contributed by atoms with van der Waals surface area (Å²) in [5.41, 5.74) is 7.70. The van der Waals surface area contributed by atoms with Gasteiger partial charge in [0.25, 0.3) is 0 Å². The van der Waals surface area contributed by atoms with E-state index in [2.05, 4.69) is 65.7 Å². The Morgan fingerprint density at radius 3 is 1.50 bits per heavy atom. The van der Waals surface area contributed by atoms with Crippen molar-refractivity contribution >= 4 is 29.9 Å². The average Bonchev–Trinajstić information content (AvgIpc) is 3.38. The Hall–Kier alpha value is -5.64. The third kappa shape index (κ3) is 7.65. The van der Waals surface area contributed by atoms with Crippen LogP contribution in [0, 0.1) is 17.9 Å². The summed E-state index contributed by atoms with van der Waals surface area (Å²) in [6.07, 6.45) is 0. The number of halogens is 1. The molecule has 50 heavy (non-hydrogen) atoms. The minimum Gasteiger partial charge on any atom is -0.399 e. The predicted molar refractivity (Wildman–Crippen MR) is 200 cm³/mol. The van der Waals surface area contributed by atoms with E-state index in [-0.39, 0.29) is 23.6 Å². The van der Waals surface area contributed by atoms with E-state index in [4.69, 9.17) is 32.7 Å². The van der Waals surface area contributed by atoms with Crippen LogP contribution in [-0.2, 0) is 9.31 Å². The first-order valence-electron chi connectivity index (χ1n) is 16.1. The van der Waals surface area contributed by atoms with E-state index < -0.39 is 0 Å². The van der Waals surface area contributed by atoms with Crippen molar-refractivity contribution in [3.8, 4) is 51.1 Å². The Morgan fingerprint density at radius 2 is 1.02 bits per heavy atom. The van der Waals surface area contributed by atoms with E-state index in [0.717, 1.165) is 38.8 Å². The topological polar surface area (TPSA) is 85.3 Å². The van der Waals surface area contributed by atoms with Gasteiger partial charge in [0, 0.05) is 11.1 Å². The van der Waals surface area contributed by atoms with Crippen LogP contribution in [0.1, 0.15) is 33.3 Å². The van der Waals surface area contributed by atoms with Gasteiger partial charge in [0.15, 0.2) is 17.3 Å². The Balaban J connectivity index is 0.000000175. The first kappa shape index (κ1) is 34.2. The van der Waals surface area contributed by atoms with Crippen LogP contribution in [0.5, 0.6) is 0 Å². The van der Waals surface area contributed by atoms with Gasteiger partial charge in [-0.15, -0.1) is 0 Å². The second-order valence-corrected chi connectivity index (χ2v) is 13.1. The molecule has 0 amide bonds. The Labute approximate surface area is 298 Å². The van der Waals surface area contributed by atoms with Gasteiger partial charge in [0.2, 0.25) is 5.28 Å². The van der Waals surface area contributed by atoms with Gasteiger partial charge in [-0.1, -0.05) is 115 Å². The van der Waals surface area contributed by atoms with Crippen molar-refractivity contribution in [2.75, 3.05) is 0 Å². The molecule has 1 saturated heterocycles. The second kappa shape index (κ2) is 14.5. The quantitative estimate of drug-likeness (QED) is 0.134. The molecule has 5 aromatic carbocycles. The molecule has 1 aromatic heterocycles. The van der Waals surface area contributed by atoms with Crippen molar-refractivity contribution in [1.29, 1.82) is 5.26 Å². The van der Waals surface area contributed by atoms with E-state index in [0.29, 0.717) is 22.9 Å². The van der Waals surface area contributed by atoms with Gasteiger partial charge in [0.05, 0.1) is 29.4 Å². The Bertz CT molecular complexity index is 2160. The third-order valence-electron chi connectivity index (χ3n) is 8.90. The van der Waals surface area contributed by atoms with Gasteiger partial charge in [-0.05, 0) is 79.1 Å². The Kier molecular flexibility index (Phi) is 9.90. The summed E-state index contributed by atoms with van der Waals surface area (Å²) in [5, 5.41) is 9.03. The molecule has 0 atom stereocenters. The lowest BCUT2D eigenvalue weighted by atomic mass is 9.78. The molecule has 1 fully saturated rings. The monoisotopic (exact) mass is 673 g/mol. The van der Waals surface area contributed by atoms with Crippen molar-refractivity contribution in [2.45, 2.75) is 38.9 Å². The molecule has 0 radical (unpaired) electrons.